The molecule has 0 radical (unpaired) electrons. The monoisotopic (exact) mass is 296 g/mol. The number of carbonyl (C=O) groups is 1. The molecule has 0 fully saturated rings. The number of aromatic nitrogens is 1. The Labute approximate surface area is 120 Å². The summed E-state index contributed by atoms with van der Waals surface area (Å²) in [6, 6.07) is 6.50. The third-order valence-electron chi connectivity index (χ3n) is 2.60. The molecule has 0 bridgehead atoms. The van der Waals surface area contributed by atoms with Crippen molar-refractivity contribution >= 4 is 40.2 Å². The van der Waals surface area contributed by atoms with Crippen LogP contribution in [0.2, 0.25) is 5.02 Å². The third kappa shape index (κ3) is 3.37. The molecule has 1 aromatic heterocycles. The van der Waals surface area contributed by atoms with Crippen LogP contribution in [0.1, 0.15) is 5.69 Å². The van der Waals surface area contributed by atoms with E-state index in [-0.39, 0.29) is 0 Å². The number of thioether (sulfide) groups is 1. The first kappa shape index (κ1) is 14.1. The fourth-order valence-corrected chi connectivity index (χ4v) is 2.91. The van der Waals surface area contributed by atoms with Crippen LogP contribution in [0.5, 0.6) is 0 Å². The summed E-state index contributed by atoms with van der Waals surface area (Å²) in [6.07, 6.45) is 0. The van der Waals surface area contributed by atoms with E-state index in [4.69, 9.17) is 22.4 Å². The van der Waals surface area contributed by atoms with Crippen LogP contribution in [0, 0.1) is 6.92 Å². The van der Waals surface area contributed by atoms with E-state index in [2.05, 4.69) is 4.98 Å². The average Bonchev–Trinajstić information content (AvgIpc) is 2.36. The molecule has 0 aliphatic carbocycles. The van der Waals surface area contributed by atoms with Crippen LogP contribution < -0.4 is 5.73 Å². The Balaban J connectivity index is 2.36. The first-order chi connectivity index (χ1) is 8.97. The van der Waals surface area contributed by atoms with Crippen LogP contribution in [0.15, 0.2) is 29.2 Å². The molecule has 0 unspecified atom stereocenters. The van der Waals surface area contributed by atoms with Gasteiger partial charge in [0.05, 0.1) is 5.52 Å². The Kier molecular flexibility index (Phi) is 4.29. The van der Waals surface area contributed by atoms with E-state index in [9.17, 15) is 4.79 Å². The summed E-state index contributed by atoms with van der Waals surface area (Å²) < 4.78 is 0. The number of benzene rings is 1. The molecule has 0 saturated heterocycles. The highest BCUT2D eigenvalue weighted by Gasteiger charge is 2.13. The molecule has 1 aromatic carbocycles. The molecule has 2 rings (SSSR count). The maximum absolute atomic E-state index is 10.7. The summed E-state index contributed by atoms with van der Waals surface area (Å²) in [5.74, 6) is -0.693. The topological polar surface area (TPSA) is 76.2 Å². The lowest BCUT2D eigenvalue weighted by Gasteiger charge is -2.10. The number of aliphatic carboxylic acids is 1. The molecule has 19 heavy (non-hydrogen) atoms. The molecule has 4 nitrogen and oxygen atoms in total. The predicted octanol–water partition coefficient (Wildman–Crippen LogP) is 2.70. The van der Waals surface area contributed by atoms with Gasteiger partial charge in [-0.05, 0) is 31.2 Å². The maximum Gasteiger partial charge on any atom is 0.321 e. The summed E-state index contributed by atoms with van der Waals surface area (Å²) in [7, 11) is 0. The van der Waals surface area contributed by atoms with Gasteiger partial charge in [0.15, 0.2) is 0 Å². The molecule has 1 atom stereocenters. The average molecular weight is 297 g/mol. The number of nitrogens with zero attached hydrogens (tertiary/aromatic N) is 1. The number of nitrogens with two attached hydrogens (primary N) is 1. The smallest absolute Gasteiger partial charge is 0.321 e. The quantitative estimate of drug-likeness (QED) is 0.848. The highest BCUT2D eigenvalue weighted by Crippen LogP contribution is 2.30. The van der Waals surface area contributed by atoms with Gasteiger partial charge in [-0.15, -0.1) is 11.8 Å². The number of pyridine rings is 1. The van der Waals surface area contributed by atoms with E-state index in [1.165, 1.54) is 11.8 Å². The second-order valence-electron chi connectivity index (χ2n) is 4.18. The number of fused-ring (bicyclic) bond motifs is 1. The van der Waals surface area contributed by atoms with Crippen LogP contribution in [0.4, 0.5) is 0 Å². The second kappa shape index (κ2) is 5.77. The summed E-state index contributed by atoms with van der Waals surface area (Å²) in [5, 5.41) is 10.3. The fraction of sp³-hybridized carbons (Fsp3) is 0.231. The number of rotatable bonds is 4. The second-order valence-corrected chi connectivity index (χ2v) is 5.68. The number of aryl methyl sites for hydroxylation is 1. The molecule has 0 spiro atoms. The number of hydrogen-bond donors (Lipinski definition) is 2. The minimum atomic E-state index is -0.999. The lowest BCUT2D eigenvalue weighted by Crippen LogP contribution is -2.32. The van der Waals surface area contributed by atoms with E-state index in [0.29, 0.717) is 10.8 Å². The zero-order chi connectivity index (χ0) is 14.0. The zero-order valence-electron chi connectivity index (χ0n) is 10.3. The van der Waals surface area contributed by atoms with Crippen molar-refractivity contribution in [1.29, 1.82) is 0 Å². The normalized spacial score (nSPS) is 12.6. The summed E-state index contributed by atoms with van der Waals surface area (Å²) in [5.41, 5.74) is 7.23. The summed E-state index contributed by atoms with van der Waals surface area (Å²) in [6.45, 7) is 1.90. The van der Waals surface area contributed by atoms with Crippen molar-refractivity contribution in [3.05, 3.63) is 35.0 Å². The Morgan fingerprint density at radius 1 is 1.53 bits per heavy atom. The van der Waals surface area contributed by atoms with Gasteiger partial charge in [0.2, 0.25) is 0 Å². The molecule has 0 saturated carbocycles. The van der Waals surface area contributed by atoms with Crippen molar-refractivity contribution in [2.45, 2.75) is 17.9 Å². The molecule has 0 aliphatic heterocycles. The van der Waals surface area contributed by atoms with Gasteiger partial charge >= 0.3 is 5.97 Å². The van der Waals surface area contributed by atoms with Crippen molar-refractivity contribution < 1.29 is 9.90 Å². The van der Waals surface area contributed by atoms with Gasteiger partial charge in [0.25, 0.3) is 0 Å². The molecule has 6 heteroatoms. The van der Waals surface area contributed by atoms with E-state index in [1.54, 1.807) is 6.07 Å². The first-order valence-corrected chi connectivity index (χ1v) is 7.02. The number of hydrogen-bond acceptors (Lipinski definition) is 4. The lowest BCUT2D eigenvalue weighted by atomic mass is 10.2. The van der Waals surface area contributed by atoms with E-state index in [0.717, 1.165) is 21.5 Å². The van der Waals surface area contributed by atoms with Crippen molar-refractivity contribution in [3.8, 4) is 0 Å². The highest BCUT2D eigenvalue weighted by atomic mass is 35.5. The van der Waals surface area contributed by atoms with Crippen LogP contribution in [-0.2, 0) is 4.79 Å². The van der Waals surface area contributed by atoms with Gasteiger partial charge in [-0.1, -0.05) is 11.6 Å². The van der Waals surface area contributed by atoms with E-state index >= 15 is 0 Å². The Hall–Kier alpha value is -1.30. The Bertz CT molecular complexity index is 633. The van der Waals surface area contributed by atoms with Crippen molar-refractivity contribution in [2.75, 3.05) is 5.75 Å². The van der Waals surface area contributed by atoms with Crippen molar-refractivity contribution in [1.82, 2.24) is 4.98 Å². The van der Waals surface area contributed by atoms with Gasteiger partial charge in [-0.25, -0.2) is 0 Å². The zero-order valence-corrected chi connectivity index (χ0v) is 11.8. The largest absolute Gasteiger partial charge is 0.480 e. The van der Waals surface area contributed by atoms with Crippen LogP contribution in [0.25, 0.3) is 10.9 Å². The minimum absolute atomic E-state index is 0.306. The standard InChI is InChI=1S/C13H13ClN2O2S/c1-7-4-12(19-6-10(15)13(17)18)9-5-8(14)2-3-11(9)16-7/h2-5,10H,6,15H2,1H3,(H,17,18)/t10-/m0/s1. The predicted molar refractivity (Wildman–Crippen MR) is 77.8 cm³/mol. The van der Waals surface area contributed by atoms with Gasteiger partial charge in [-0.3, -0.25) is 9.78 Å². The SMILES string of the molecule is Cc1cc(SC[C@H](N)C(=O)O)c2cc(Cl)ccc2n1. The number of carboxylic acids is 1. The van der Waals surface area contributed by atoms with Gasteiger partial charge < -0.3 is 10.8 Å². The highest BCUT2D eigenvalue weighted by molar-refractivity contribution is 7.99. The van der Waals surface area contributed by atoms with E-state index in [1.807, 2.05) is 25.1 Å². The van der Waals surface area contributed by atoms with Crippen molar-refractivity contribution in [3.63, 3.8) is 0 Å². The molecule has 2 aromatic rings. The molecule has 1 heterocycles. The molecular weight excluding hydrogens is 284 g/mol. The van der Waals surface area contributed by atoms with Gasteiger partial charge in [0, 0.05) is 26.8 Å². The Morgan fingerprint density at radius 3 is 2.95 bits per heavy atom. The Morgan fingerprint density at radius 2 is 2.26 bits per heavy atom. The number of halogens is 1. The fourth-order valence-electron chi connectivity index (χ4n) is 1.66. The van der Waals surface area contributed by atoms with Crippen molar-refractivity contribution in [2.24, 2.45) is 5.73 Å². The van der Waals surface area contributed by atoms with Crippen LogP contribution >= 0.6 is 23.4 Å². The summed E-state index contributed by atoms with van der Waals surface area (Å²) in [4.78, 5) is 16.1. The van der Waals surface area contributed by atoms with E-state index < -0.39 is 12.0 Å². The maximum atomic E-state index is 10.7. The number of carboxylic acid groups (broad SMARTS) is 1. The minimum Gasteiger partial charge on any atom is -0.480 e. The molecular formula is C13H13ClN2O2S. The molecule has 100 valence electrons. The van der Waals surface area contributed by atoms with Crippen LogP contribution in [-0.4, -0.2) is 27.9 Å². The molecule has 3 N–H and O–H groups in total. The summed E-state index contributed by atoms with van der Waals surface area (Å²) >= 11 is 7.39. The van der Waals surface area contributed by atoms with Crippen LogP contribution in [0.3, 0.4) is 0 Å². The third-order valence-corrected chi connectivity index (χ3v) is 4.01. The molecule has 0 aliphatic rings. The lowest BCUT2D eigenvalue weighted by molar-refractivity contribution is -0.137. The first-order valence-electron chi connectivity index (χ1n) is 5.65. The van der Waals surface area contributed by atoms with Gasteiger partial charge in [0.1, 0.15) is 6.04 Å². The van der Waals surface area contributed by atoms with Gasteiger partial charge in [-0.2, -0.15) is 0 Å². The molecule has 0 amide bonds.